The van der Waals surface area contributed by atoms with Crippen LogP contribution in [-0.2, 0) is 14.3 Å². The van der Waals surface area contributed by atoms with Crippen LogP contribution in [-0.4, -0.2) is 35.5 Å². The Kier molecular flexibility index (Phi) is 3.32. The van der Waals surface area contributed by atoms with E-state index in [1.807, 2.05) is 4.79 Å². The van der Waals surface area contributed by atoms with E-state index in [-0.39, 0.29) is 0 Å². The lowest BCUT2D eigenvalue weighted by Gasteiger charge is -1.98. The molecule has 0 rings (SSSR count). The maximum Gasteiger partial charge on any atom is 0.462 e. The van der Waals surface area contributed by atoms with E-state index in [2.05, 4.69) is 4.74 Å². The fourth-order valence-corrected chi connectivity index (χ4v) is 0.410. The average molecular weight is 196 g/mol. The van der Waals surface area contributed by atoms with Gasteiger partial charge in [0.05, 0.1) is 7.11 Å². The molecule has 0 aliphatic carbocycles. The third kappa shape index (κ3) is 2.68. The van der Waals surface area contributed by atoms with Crippen LogP contribution in [0, 0.1) is 0 Å². The summed E-state index contributed by atoms with van der Waals surface area (Å²) in [4.78, 5) is 22.6. The average Bonchev–Trinajstić information content (AvgIpc) is 2.03. The molecule has 0 fully saturated rings. The van der Waals surface area contributed by atoms with E-state index in [0.29, 0.717) is 0 Å². The highest BCUT2D eigenvalue weighted by molar-refractivity contribution is 6.63. The monoisotopic (exact) mass is 196 g/mol. The van der Waals surface area contributed by atoms with Gasteiger partial charge in [0.2, 0.25) is 0 Å². The smallest absolute Gasteiger partial charge is 0.460 e. The number of esters is 1. The highest BCUT2D eigenvalue weighted by Crippen LogP contribution is 2.16. The molecule has 8 heteroatoms. The first-order valence-electron chi connectivity index (χ1n) is 2.76. The van der Waals surface area contributed by atoms with Crippen LogP contribution in [0.1, 0.15) is 0 Å². The standard InChI is InChI=1S/C5H3F3N2O3/c1-13-4(12)2(10-9)3(11)5(6,7)8/h1H3. The van der Waals surface area contributed by atoms with Gasteiger partial charge in [-0.1, -0.05) is 0 Å². The second-order valence-corrected chi connectivity index (χ2v) is 1.77. The second kappa shape index (κ2) is 3.81. The lowest BCUT2D eigenvalue weighted by Crippen LogP contribution is -2.37. The van der Waals surface area contributed by atoms with Gasteiger partial charge >= 0.3 is 23.6 Å². The van der Waals surface area contributed by atoms with Gasteiger partial charge in [-0.3, -0.25) is 4.79 Å². The number of hydrogen-bond acceptors (Lipinski definition) is 3. The van der Waals surface area contributed by atoms with Gasteiger partial charge in [0.15, 0.2) is 0 Å². The predicted octanol–water partition coefficient (Wildman–Crippen LogP) is -0.0384. The SMILES string of the molecule is COC(=O)C(=[N+]=[N-])C(=O)C(F)(F)F. The van der Waals surface area contributed by atoms with Gasteiger partial charge in [-0.25, -0.2) is 4.79 Å². The highest BCUT2D eigenvalue weighted by atomic mass is 19.4. The second-order valence-electron chi connectivity index (χ2n) is 1.77. The molecule has 0 saturated carbocycles. The van der Waals surface area contributed by atoms with Crippen molar-refractivity contribution in [1.29, 1.82) is 0 Å². The van der Waals surface area contributed by atoms with Crippen LogP contribution in [0.25, 0.3) is 5.53 Å². The van der Waals surface area contributed by atoms with Crippen LogP contribution < -0.4 is 0 Å². The largest absolute Gasteiger partial charge is 0.462 e. The summed E-state index contributed by atoms with van der Waals surface area (Å²) in [6.07, 6.45) is -5.27. The minimum absolute atomic E-state index is 0.747. The van der Waals surface area contributed by atoms with E-state index in [9.17, 15) is 22.8 Å². The molecule has 0 heterocycles. The van der Waals surface area contributed by atoms with Crippen molar-refractivity contribution in [3.63, 3.8) is 0 Å². The molecule has 0 amide bonds. The summed E-state index contributed by atoms with van der Waals surface area (Å²) in [6, 6.07) is 0. The lowest BCUT2D eigenvalue weighted by atomic mass is 10.2. The lowest BCUT2D eigenvalue weighted by molar-refractivity contribution is -0.169. The molecule has 0 saturated heterocycles. The van der Waals surface area contributed by atoms with E-state index < -0.39 is 23.6 Å². The first-order chi connectivity index (χ1) is 5.84. The van der Waals surface area contributed by atoms with Crippen molar-refractivity contribution in [2.24, 2.45) is 0 Å². The number of ether oxygens (including phenoxy) is 1. The minimum atomic E-state index is -5.27. The zero-order valence-electron chi connectivity index (χ0n) is 6.25. The molecule has 0 N–H and O–H groups in total. The van der Waals surface area contributed by atoms with E-state index >= 15 is 0 Å². The number of Topliss-reactive ketones (excluding diaryl/α,β-unsaturated/α-hetero) is 1. The summed E-state index contributed by atoms with van der Waals surface area (Å²) in [6.45, 7) is 0. The van der Waals surface area contributed by atoms with Crippen LogP contribution in [0.5, 0.6) is 0 Å². The molecule has 0 radical (unpaired) electrons. The number of nitrogens with zero attached hydrogens (tertiary/aromatic N) is 2. The number of ketones is 1. The molecule has 0 unspecified atom stereocenters. The van der Waals surface area contributed by atoms with E-state index in [1.54, 1.807) is 0 Å². The Bertz CT molecular complexity index is 290. The van der Waals surface area contributed by atoms with Crippen molar-refractivity contribution in [2.75, 3.05) is 7.11 Å². The number of methoxy groups -OCH3 is 1. The molecule has 72 valence electrons. The summed E-state index contributed by atoms with van der Waals surface area (Å²) >= 11 is 0. The maximum atomic E-state index is 11.6. The van der Waals surface area contributed by atoms with Gasteiger partial charge in [-0.2, -0.15) is 18.0 Å². The summed E-state index contributed by atoms with van der Waals surface area (Å²) in [5.74, 6) is -4.20. The Morgan fingerprint density at radius 1 is 1.38 bits per heavy atom. The highest BCUT2D eigenvalue weighted by Gasteiger charge is 2.50. The molecule has 0 aromatic heterocycles. The summed E-state index contributed by atoms with van der Waals surface area (Å²) in [7, 11) is 0.747. The van der Waals surface area contributed by atoms with E-state index in [0.717, 1.165) is 7.11 Å². The maximum absolute atomic E-state index is 11.6. The quantitative estimate of drug-likeness (QED) is 0.204. The van der Waals surface area contributed by atoms with Gasteiger partial charge in [0.25, 0.3) is 0 Å². The Balaban J connectivity index is 4.96. The third-order valence-corrected chi connectivity index (χ3v) is 0.951. The van der Waals surface area contributed by atoms with Crippen LogP contribution in [0.3, 0.4) is 0 Å². The number of hydrogen-bond donors (Lipinski definition) is 0. The first kappa shape index (κ1) is 11.3. The summed E-state index contributed by atoms with van der Waals surface area (Å²) < 4.78 is 38.7. The van der Waals surface area contributed by atoms with E-state index in [4.69, 9.17) is 5.53 Å². The molecule has 5 nitrogen and oxygen atoms in total. The Morgan fingerprint density at radius 2 is 1.85 bits per heavy atom. The van der Waals surface area contributed by atoms with Crippen molar-refractivity contribution < 1.29 is 32.3 Å². The molecular weight excluding hydrogens is 193 g/mol. The topological polar surface area (TPSA) is 79.8 Å². The molecule has 0 bridgehead atoms. The zero-order valence-corrected chi connectivity index (χ0v) is 6.25. The third-order valence-electron chi connectivity index (χ3n) is 0.951. The number of halogens is 3. The van der Waals surface area contributed by atoms with Crippen molar-refractivity contribution in [2.45, 2.75) is 6.18 Å². The van der Waals surface area contributed by atoms with Gasteiger partial charge in [0.1, 0.15) is 0 Å². The molecule has 0 spiro atoms. The molecule has 0 aliphatic heterocycles. The molecular formula is C5H3F3N2O3. The fraction of sp³-hybridized carbons (Fsp3) is 0.400. The first-order valence-corrected chi connectivity index (χ1v) is 2.76. The minimum Gasteiger partial charge on any atom is -0.460 e. The van der Waals surface area contributed by atoms with Crippen molar-refractivity contribution >= 4 is 17.5 Å². The Morgan fingerprint density at radius 3 is 2.08 bits per heavy atom. The molecule has 13 heavy (non-hydrogen) atoms. The summed E-state index contributed by atoms with van der Waals surface area (Å²) in [5.41, 5.74) is 6.23. The van der Waals surface area contributed by atoms with Crippen molar-refractivity contribution in [3.05, 3.63) is 5.53 Å². The number of carbonyl (C=O) groups excluding carboxylic acids is 2. The van der Waals surface area contributed by atoms with Crippen LogP contribution in [0.2, 0.25) is 0 Å². The molecule has 0 aromatic carbocycles. The number of alkyl halides is 3. The van der Waals surface area contributed by atoms with Gasteiger partial charge < -0.3 is 10.3 Å². The van der Waals surface area contributed by atoms with Gasteiger partial charge in [0, 0.05) is 0 Å². The van der Waals surface area contributed by atoms with Crippen LogP contribution in [0.4, 0.5) is 13.2 Å². The van der Waals surface area contributed by atoms with Crippen LogP contribution >= 0.6 is 0 Å². The summed E-state index contributed by atoms with van der Waals surface area (Å²) in [5, 5.41) is 0. The van der Waals surface area contributed by atoms with Crippen molar-refractivity contribution in [3.8, 4) is 0 Å². The number of carbonyl (C=O) groups is 2. The normalized spacial score (nSPS) is 10.2. The Hall–Kier alpha value is -1.69. The van der Waals surface area contributed by atoms with E-state index in [1.165, 1.54) is 0 Å². The Labute approximate surface area is 69.7 Å². The van der Waals surface area contributed by atoms with Crippen molar-refractivity contribution in [1.82, 2.24) is 0 Å². The predicted molar refractivity (Wildman–Crippen MR) is 31.7 cm³/mol. The fourth-order valence-electron chi connectivity index (χ4n) is 0.410. The number of rotatable bonds is 2. The van der Waals surface area contributed by atoms with Crippen LogP contribution in [0.15, 0.2) is 0 Å². The molecule has 0 atom stereocenters. The molecule has 0 aromatic rings. The zero-order chi connectivity index (χ0) is 10.6. The van der Waals surface area contributed by atoms with Gasteiger partial charge in [-0.15, -0.1) is 0 Å². The molecule has 0 aliphatic rings. The van der Waals surface area contributed by atoms with Gasteiger partial charge in [-0.05, 0) is 0 Å².